The Morgan fingerprint density at radius 3 is 2.28 bits per heavy atom. The molecule has 0 saturated heterocycles. The Morgan fingerprint density at radius 1 is 1.07 bits per heavy atom. The van der Waals surface area contributed by atoms with Gasteiger partial charge in [-0.05, 0) is 43.2 Å². The van der Waals surface area contributed by atoms with E-state index >= 15 is 0 Å². The summed E-state index contributed by atoms with van der Waals surface area (Å²) in [6, 6.07) is 12.2. The molecule has 0 aliphatic carbocycles. The molecule has 3 rings (SSSR count). The van der Waals surface area contributed by atoms with Gasteiger partial charge in [0, 0.05) is 23.9 Å². The SMILES string of the molecule is CC(=O)c1c(C)cc(C(=O)O)cc1C(=O)O.NCc1ccccc1-c1cc[nH]n1. The Bertz CT molecular complexity index is 1040. The minimum absolute atomic E-state index is 0.0532. The molecular weight excluding hydrogens is 374 g/mol. The number of aromatic amines is 1. The molecule has 0 aliphatic rings. The van der Waals surface area contributed by atoms with Crippen molar-refractivity contribution in [3.63, 3.8) is 0 Å². The van der Waals surface area contributed by atoms with E-state index in [1.54, 1.807) is 0 Å². The number of carboxylic acids is 2. The Labute approximate surface area is 167 Å². The third kappa shape index (κ3) is 5.14. The summed E-state index contributed by atoms with van der Waals surface area (Å²) in [7, 11) is 0. The van der Waals surface area contributed by atoms with Crippen molar-refractivity contribution in [2.75, 3.05) is 0 Å². The Balaban J connectivity index is 0.000000211. The number of benzene rings is 2. The first-order valence-corrected chi connectivity index (χ1v) is 8.66. The lowest BCUT2D eigenvalue weighted by Crippen LogP contribution is -2.11. The van der Waals surface area contributed by atoms with Crippen LogP contribution in [0.4, 0.5) is 0 Å². The van der Waals surface area contributed by atoms with E-state index in [1.807, 2.05) is 36.5 Å². The van der Waals surface area contributed by atoms with Crippen LogP contribution in [0.3, 0.4) is 0 Å². The van der Waals surface area contributed by atoms with Crippen LogP contribution >= 0.6 is 0 Å². The molecule has 0 saturated carbocycles. The summed E-state index contributed by atoms with van der Waals surface area (Å²) in [6.07, 6.45) is 1.81. The van der Waals surface area contributed by atoms with Crippen LogP contribution in [0.15, 0.2) is 48.7 Å². The largest absolute Gasteiger partial charge is 0.478 e. The number of carbonyl (C=O) groups is 3. The van der Waals surface area contributed by atoms with Gasteiger partial charge in [-0.3, -0.25) is 9.89 Å². The maximum Gasteiger partial charge on any atom is 0.336 e. The van der Waals surface area contributed by atoms with Crippen molar-refractivity contribution in [2.24, 2.45) is 5.73 Å². The van der Waals surface area contributed by atoms with Gasteiger partial charge in [0.25, 0.3) is 0 Å². The lowest BCUT2D eigenvalue weighted by molar-refractivity contribution is 0.0692. The Hall–Kier alpha value is -3.78. The molecule has 8 heteroatoms. The summed E-state index contributed by atoms with van der Waals surface area (Å²) in [5, 5.41) is 24.6. The Kier molecular flexibility index (Phi) is 6.99. The maximum absolute atomic E-state index is 11.3. The number of nitrogens with zero attached hydrogens (tertiary/aromatic N) is 1. The first kappa shape index (κ1) is 21.5. The van der Waals surface area contributed by atoms with Gasteiger partial charge in [-0.1, -0.05) is 24.3 Å². The fourth-order valence-electron chi connectivity index (χ4n) is 2.91. The van der Waals surface area contributed by atoms with Crippen LogP contribution in [0, 0.1) is 6.92 Å². The molecule has 0 fully saturated rings. The van der Waals surface area contributed by atoms with Gasteiger partial charge in [0.1, 0.15) is 0 Å². The molecule has 0 radical (unpaired) electrons. The van der Waals surface area contributed by atoms with Crippen molar-refractivity contribution in [2.45, 2.75) is 20.4 Å². The minimum atomic E-state index is -1.31. The van der Waals surface area contributed by atoms with Gasteiger partial charge in [0.05, 0.1) is 16.8 Å². The number of hydrogen-bond acceptors (Lipinski definition) is 5. The van der Waals surface area contributed by atoms with E-state index in [9.17, 15) is 14.4 Å². The summed E-state index contributed by atoms with van der Waals surface area (Å²) < 4.78 is 0. The smallest absolute Gasteiger partial charge is 0.336 e. The Morgan fingerprint density at radius 2 is 1.76 bits per heavy atom. The highest BCUT2D eigenvalue weighted by atomic mass is 16.4. The molecule has 2 aromatic carbocycles. The number of nitrogens with one attached hydrogen (secondary N) is 1. The number of carboxylic acid groups (broad SMARTS) is 2. The monoisotopic (exact) mass is 395 g/mol. The van der Waals surface area contributed by atoms with Crippen LogP contribution in [0.5, 0.6) is 0 Å². The molecule has 150 valence electrons. The van der Waals surface area contributed by atoms with E-state index in [0.29, 0.717) is 12.1 Å². The third-order valence-corrected chi connectivity index (χ3v) is 4.18. The average molecular weight is 395 g/mol. The highest BCUT2D eigenvalue weighted by Gasteiger charge is 2.19. The standard InChI is InChI=1S/C11H10O5.C10H11N3/c1-5-3-7(10(13)14)4-8(11(15)16)9(5)6(2)12;11-7-8-3-1-2-4-9(8)10-5-6-12-13-10/h3-4H,1-2H3,(H,13,14)(H,15,16);1-6H,7,11H2,(H,12,13). The number of Topliss-reactive ketones (excluding diaryl/α,β-unsaturated/α-hetero) is 1. The quantitative estimate of drug-likeness (QED) is 0.485. The predicted molar refractivity (Wildman–Crippen MR) is 107 cm³/mol. The number of ketones is 1. The summed E-state index contributed by atoms with van der Waals surface area (Å²) in [5.41, 5.74) is 8.78. The highest BCUT2D eigenvalue weighted by molar-refractivity contribution is 6.07. The summed E-state index contributed by atoms with van der Waals surface area (Å²) >= 11 is 0. The number of H-pyrrole nitrogens is 1. The number of nitrogens with two attached hydrogens (primary N) is 1. The van der Waals surface area contributed by atoms with Gasteiger partial charge in [-0.25, -0.2) is 9.59 Å². The van der Waals surface area contributed by atoms with E-state index in [2.05, 4.69) is 10.2 Å². The van der Waals surface area contributed by atoms with E-state index in [0.717, 1.165) is 22.9 Å². The number of aromatic nitrogens is 2. The van der Waals surface area contributed by atoms with Crippen molar-refractivity contribution in [3.8, 4) is 11.3 Å². The second-order valence-electron chi connectivity index (χ2n) is 6.20. The van der Waals surface area contributed by atoms with Crippen LogP contribution in [-0.4, -0.2) is 38.1 Å². The molecule has 0 spiro atoms. The van der Waals surface area contributed by atoms with Gasteiger partial charge >= 0.3 is 11.9 Å². The normalized spacial score (nSPS) is 10.0. The fourth-order valence-corrected chi connectivity index (χ4v) is 2.91. The minimum Gasteiger partial charge on any atom is -0.478 e. The zero-order chi connectivity index (χ0) is 21.6. The van der Waals surface area contributed by atoms with Crippen LogP contribution in [0.2, 0.25) is 0 Å². The fraction of sp³-hybridized carbons (Fsp3) is 0.143. The van der Waals surface area contributed by atoms with Gasteiger partial charge in [0.2, 0.25) is 0 Å². The maximum atomic E-state index is 11.3. The third-order valence-electron chi connectivity index (χ3n) is 4.18. The van der Waals surface area contributed by atoms with Crippen molar-refractivity contribution in [1.29, 1.82) is 0 Å². The highest BCUT2D eigenvalue weighted by Crippen LogP contribution is 2.20. The molecule has 5 N–H and O–H groups in total. The van der Waals surface area contributed by atoms with Crippen molar-refractivity contribution in [1.82, 2.24) is 10.2 Å². The van der Waals surface area contributed by atoms with E-state index < -0.39 is 17.7 Å². The van der Waals surface area contributed by atoms with E-state index in [-0.39, 0.29) is 16.7 Å². The molecule has 0 bridgehead atoms. The molecule has 1 aromatic heterocycles. The lowest BCUT2D eigenvalue weighted by atomic mass is 9.96. The first-order valence-electron chi connectivity index (χ1n) is 8.66. The molecule has 0 unspecified atom stereocenters. The van der Waals surface area contributed by atoms with Crippen LogP contribution in [0.1, 0.15) is 49.1 Å². The van der Waals surface area contributed by atoms with Crippen molar-refractivity contribution < 1.29 is 24.6 Å². The summed E-state index contributed by atoms with van der Waals surface area (Å²) in [4.78, 5) is 32.9. The van der Waals surface area contributed by atoms with Crippen molar-refractivity contribution in [3.05, 3.63) is 76.5 Å². The summed E-state index contributed by atoms with van der Waals surface area (Å²) in [6.45, 7) is 3.30. The molecule has 0 aliphatic heterocycles. The number of rotatable bonds is 5. The van der Waals surface area contributed by atoms with Crippen LogP contribution in [-0.2, 0) is 6.54 Å². The second kappa shape index (κ2) is 9.43. The predicted octanol–water partition coefficient (Wildman–Crippen LogP) is 3.13. The van der Waals surface area contributed by atoms with Gasteiger partial charge in [0.15, 0.2) is 5.78 Å². The van der Waals surface area contributed by atoms with Crippen LogP contribution < -0.4 is 5.73 Å². The lowest BCUT2D eigenvalue weighted by Gasteiger charge is -2.08. The number of aryl methyl sites for hydroxylation is 1. The molecule has 0 amide bonds. The van der Waals surface area contributed by atoms with E-state index in [4.69, 9.17) is 15.9 Å². The average Bonchev–Trinajstić information content (AvgIpc) is 3.22. The molecule has 3 aromatic rings. The zero-order valence-corrected chi connectivity index (χ0v) is 16.0. The molecule has 1 heterocycles. The van der Waals surface area contributed by atoms with Gasteiger partial charge < -0.3 is 15.9 Å². The van der Waals surface area contributed by atoms with Gasteiger partial charge in [-0.15, -0.1) is 0 Å². The zero-order valence-electron chi connectivity index (χ0n) is 16.0. The molecule has 8 nitrogen and oxygen atoms in total. The number of carbonyl (C=O) groups excluding carboxylic acids is 1. The van der Waals surface area contributed by atoms with Crippen molar-refractivity contribution >= 4 is 17.7 Å². The molecule has 0 atom stereocenters. The van der Waals surface area contributed by atoms with E-state index in [1.165, 1.54) is 19.9 Å². The topological polar surface area (TPSA) is 146 Å². The first-order chi connectivity index (χ1) is 13.8. The van der Waals surface area contributed by atoms with Gasteiger partial charge in [-0.2, -0.15) is 5.10 Å². The molecule has 29 heavy (non-hydrogen) atoms. The van der Waals surface area contributed by atoms with Crippen LogP contribution in [0.25, 0.3) is 11.3 Å². The molecular formula is C21H21N3O5. The second-order valence-corrected chi connectivity index (χ2v) is 6.20. The number of hydrogen-bond donors (Lipinski definition) is 4. The number of aromatic carboxylic acids is 2. The summed E-state index contributed by atoms with van der Waals surface area (Å²) in [5.74, 6) is -2.93.